The Morgan fingerprint density at radius 2 is 2.13 bits per heavy atom. The molecular weight excluding hydrogens is 333 g/mol. The summed E-state index contributed by atoms with van der Waals surface area (Å²) in [5.41, 5.74) is 3.43. The standard InChI is InChI=1S/C14H21F3N2O3S/c1-3-13(10-18,23(20,21)9-8-14(15,16)17)11-4-6-12(7-5-11)19-22-2/h6,11,19H,3-5,7-9H2,1-2H3. The Bertz CT molecular complexity index is 581. The number of hydroxylamine groups is 1. The molecule has 0 fully saturated rings. The Morgan fingerprint density at radius 3 is 2.52 bits per heavy atom. The smallest absolute Gasteiger partial charge is 0.280 e. The van der Waals surface area contributed by atoms with E-state index in [-0.39, 0.29) is 6.42 Å². The topological polar surface area (TPSA) is 79.2 Å². The first-order valence-corrected chi connectivity index (χ1v) is 8.95. The lowest BCUT2D eigenvalue weighted by atomic mass is 9.80. The van der Waals surface area contributed by atoms with Gasteiger partial charge in [-0.25, -0.2) is 8.42 Å². The van der Waals surface area contributed by atoms with Crippen LogP contribution in [0.25, 0.3) is 0 Å². The molecule has 2 atom stereocenters. The van der Waals surface area contributed by atoms with Gasteiger partial charge in [-0.2, -0.15) is 18.4 Å². The number of nitriles is 1. The summed E-state index contributed by atoms with van der Waals surface area (Å²) in [7, 11) is -2.76. The molecule has 0 aromatic rings. The average molecular weight is 354 g/mol. The van der Waals surface area contributed by atoms with Crippen LogP contribution in [0.2, 0.25) is 0 Å². The second kappa shape index (κ2) is 7.53. The van der Waals surface area contributed by atoms with Crippen molar-refractivity contribution < 1.29 is 26.4 Å². The van der Waals surface area contributed by atoms with Gasteiger partial charge in [-0.1, -0.05) is 13.0 Å². The van der Waals surface area contributed by atoms with Crippen LogP contribution in [-0.2, 0) is 14.7 Å². The van der Waals surface area contributed by atoms with Crippen LogP contribution < -0.4 is 5.48 Å². The van der Waals surface area contributed by atoms with Crippen LogP contribution >= 0.6 is 0 Å². The minimum atomic E-state index is -4.57. The van der Waals surface area contributed by atoms with Gasteiger partial charge in [-0.3, -0.25) is 10.3 Å². The molecule has 0 amide bonds. The van der Waals surface area contributed by atoms with Crippen molar-refractivity contribution in [3.05, 3.63) is 11.8 Å². The third kappa shape index (κ3) is 4.61. The second-order valence-electron chi connectivity index (χ2n) is 5.55. The number of halogens is 3. The Kier molecular flexibility index (Phi) is 6.48. The minimum Gasteiger partial charge on any atom is -0.280 e. The molecule has 1 rings (SSSR count). The van der Waals surface area contributed by atoms with Crippen molar-refractivity contribution in [2.24, 2.45) is 5.92 Å². The van der Waals surface area contributed by atoms with E-state index in [1.54, 1.807) is 6.08 Å². The molecule has 132 valence electrons. The monoisotopic (exact) mass is 354 g/mol. The van der Waals surface area contributed by atoms with Crippen molar-refractivity contribution in [2.75, 3.05) is 12.9 Å². The van der Waals surface area contributed by atoms with E-state index in [1.165, 1.54) is 14.0 Å². The highest BCUT2D eigenvalue weighted by molar-refractivity contribution is 7.93. The molecule has 5 nitrogen and oxygen atoms in total. The molecule has 9 heteroatoms. The molecule has 1 aliphatic carbocycles. The summed E-state index contributed by atoms with van der Waals surface area (Å²) in [4.78, 5) is 4.77. The van der Waals surface area contributed by atoms with Crippen molar-refractivity contribution in [3.8, 4) is 6.07 Å². The zero-order valence-electron chi connectivity index (χ0n) is 13.1. The highest BCUT2D eigenvalue weighted by Gasteiger charge is 2.50. The van der Waals surface area contributed by atoms with Gasteiger partial charge in [0.2, 0.25) is 0 Å². The van der Waals surface area contributed by atoms with E-state index in [9.17, 15) is 26.9 Å². The van der Waals surface area contributed by atoms with Crippen LogP contribution in [0.15, 0.2) is 11.8 Å². The van der Waals surface area contributed by atoms with Gasteiger partial charge in [-0.05, 0) is 31.6 Å². The molecule has 0 spiro atoms. The lowest BCUT2D eigenvalue weighted by Crippen LogP contribution is -2.46. The maximum Gasteiger partial charge on any atom is 0.390 e. The maximum atomic E-state index is 12.5. The number of nitrogens with one attached hydrogen (secondary N) is 1. The van der Waals surface area contributed by atoms with Crippen LogP contribution in [0.1, 0.15) is 39.0 Å². The molecule has 1 N–H and O–H groups in total. The molecule has 0 aliphatic heterocycles. The number of alkyl halides is 3. The first kappa shape index (κ1) is 19.8. The Labute approximate surface area is 134 Å². The van der Waals surface area contributed by atoms with Gasteiger partial charge in [0.15, 0.2) is 14.6 Å². The molecular formula is C14H21F3N2O3S. The predicted octanol–water partition coefficient (Wildman–Crippen LogP) is 2.86. The van der Waals surface area contributed by atoms with E-state index >= 15 is 0 Å². The molecule has 0 aromatic heterocycles. The third-order valence-corrected chi connectivity index (χ3v) is 6.79. The summed E-state index contributed by atoms with van der Waals surface area (Å²) in [6.07, 6.45) is -3.11. The predicted molar refractivity (Wildman–Crippen MR) is 78.7 cm³/mol. The van der Waals surface area contributed by atoms with E-state index in [1.807, 2.05) is 6.07 Å². The van der Waals surface area contributed by atoms with E-state index in [0.717, 1.165) is 5.70 Å². The Balaban J connectivity index is 3.02. The van der Waals surface area contributed by atoms with Crippen molar-refractivity contribution in [2.45, 2.75) is 50.0 Å². The van der Waals surface area contributed by atoms with Crippen LogP contribution in [0.5, 0.6) is 0 Å². The van der Waals surface area contributed by atoms with Gasteiger partial charge in [0.25, 0.3) is 0 Å². The van der Waals surface area contributed by atoms with Crippen LogP contribution in [-0.4, -0.2) is 32.2 Å². The van der Waals surface area contributed by atoms with Gasteiger partial charge in [0, 0.05) is 5.70 Å². The molecule has 23 heavy (non-hydrogen) atoms. The minimum absolute atomic E-state index is 0.0325. The number of rotatable bonds is 7. The molecule has 0 radical (unpaired) electrons. The molecule has 0 saturated heterocycles. The third-order valence-electron chi connectivity index (χ3n) is 4.23. The molecule has 1 aliphatic rings. The van der Waals surface area contributed by atoms with Crippen LogP contribution in [0, 0.1) is 17.2 Å². The first-order valence-electron chi connectivity index (χ1n) is 7.30. The van der Waals surface area contributed by atoms with Crippen molar-refractivity contribution >= 4 is 9.84 Å². The SMILES string of the molecule is CCC(C#N)(C1CC=C(NOC)CC1)S(=O)(=O)CCC(F)(F)F. The zero-order chi connectivity index (χ0) is 17.7. The van der Waals surface area contributed by atoms with Gasteiger partial charge in [-0.15, -0.1) is 0 Å². The molecule has 0 bridgehead atoms. The van der Waals surface area contributed by atoms with E-state index in [0.29, 0.717) is 19.3 Å². The normalized spacial score (nSPS) is 21.9. The fourth-order valence-electron chi connectivity index (χ4n) is 2.92. The molecule has 0 saturated carbocycles. The van der Waals surface area contributed by atoms with Crippen LogP contribution in [0.3, 0.4) is 0 Å². The first-order chi connectivity index (χ1) is 10.6. The molecule has 0 aromatic carbocycles. The number of allylic oxidation sites excluding steroid dienone is 2. The summed E-state index contributed by atoms with van der Waals surface area (Å²) in [6.45, 7) is 1.53. The maximum absolute atomic E-state index is 12.5. The summed E-state index contributed by atoms with van der Waals surface area (Å²) in [5.74, 6) is -1.58. The number of hydrogen-bond donors (Lipinski definition) is 1. The Morgan fingerprint density at radius 1 is 1.48 bits per heavy atom. The number of hydrogen-bond acceptors (Lipinski definition) is 5. The van der Waals surface area contributed by atoms with Gasteiger partial charge < -0.3 is 0 Å². The number of sulfone groups is 1. The second-order valence-corrected chi connectivity index (χ2v) is 7.91. The fourth-order valence-corrected chi connectivity index (χ4v) is 5.08. The van der Waals surface area contributed by atoms with Crippen molar-refractivity contribution in [3.63, 3.8) is 0 Å². The largest absolute Gasteiger partial charge is 0.390 e. The van der Waals surface area contributed by atoms with Crippen LogP contribution in [0.4, 0.5) is 13.2 Å². The summed E-state index contributed by atoms with van der Waals surface area (Å²) >= 11 is 0. The van der Waals surface area contributed by atoms with E-state index in [4.69, 9.17) is 4.84 Å². The summed E-state index contributed by atoms with van der Waals surface area (Å²) < 4.78 is 60.3. The summed E-state index contributed by atoms with van der Waals surface area (Å²) in [6, 6.07) is 1.82. The average Bonchev–Trinajstić information content (AvgIpc) is 2.48. The fraction of sp³-hybridized carbons (Fsp3) is 0.786. The zero-order valence-corrected chi connectivity index (χ0v) is 13.9. The van der Waals surface area contributed by atoms with E-state index < -0.39 is 38.9 Å². The highest BCUT2D eigenvalue weighted by Crippen LogP contribution is 2.40. The van der Waals surface area contributed by atoms with Gasteiger partial charge in [0.05, 0.1) is 25.4 Å². The Hall–Kier alpha value is -1.27. The lowest BCUT2D eigenvalue weighted by Gasteiger charge is -2.35. The van der Waals surface area contributed by atoms with E-state index in [2.05, 4.69) is 5.48 Å². The molecule has 0 heterocycles. The molecule has 2 unspecified atom stereocenters. The quantitative estimate of drug-likeness (QED) is 0.711. The van der Waals surface area contributed by atoms with Crippen molar-refractivity contribution in [1.29, 1.82) is 5.26 Å². The van der Waals surface area contributed by atoms with Gasteiger partial charge in [0.1, 0.15) is 0 Å². The number of nitrogens with zero attached hydrogens (tertiary/aromatic N) is 1. The summed E-state index contributed by atoms with van der Waals surface area (Å²) in [5, 5.41) is 9.49. The lowest BCUT2D eigenvalue weighted by molar-refractivity contribution is -0.130. The van der Waals surface area contributed by atoms with Gasteiger partial charge >= 0.3 is 6.18 Å². The highest BCUT2D eigenvalue weighted by atomic mass is 32.2. The van der Waals surface area contributed by atoms with Crippen molar-refractivity contribution in [1.82, 2.24) is 5.48 Å².